The van der Waals surface area contributed by atoms with E-state index in [1.165, 1.54) is 6.26 Å². The lowest BCUT2D eigenvalue weighted by Crippen LogP contribution is -2.07. The molecule has 1 heterocycles. The van der Waals surface area contributed by atoms with E-state index in [0.29, 0.717) is 22.9 Å². The van der Waals surface area contributed by atoms with Crippen LogP contribution in [0.15, 0.2) is 53.6 Å². The molecule has 3 rings (SSSR count). The van der Waals surface area contributed by atoms with Crippen LogP contribution in [0.1, 0.15) is 13.8 Å². The van der Waals surface area contributed by atoms with Crippen molar-refractivity contribution < 1.29 is 13.2 Å². The summed E-state index contributed by atoms with van der Waals surface area (Å²) in [7, 11) is -3.27. The number of benzene rings is 2. The van der Waals surface area contributed by atoms with E-state index in [1.54, 1.807) is 30.5 Å². The Labute approximate surface area is 146 Å². The zero-order chi connectivity index (χ0) is 18.0. The Bertz CT molecular complexity index is 1020. The number of ether oxygens (including phenoxy) is 1. The topological polar surface area (TPSA) is 81.2 Å². The molecule has 0 amide bonds. The van der Waals surface area contributed by atoms with E-state index in [0.717, 1.165) is 5.39 Å². The first-order valence-electron chi connectivity index (χ1n) is 7.82. The Hall–Kier alpha value is -2.67. The number of hydrogen-bond donors (Lipinski definition) is 1. The second-order valence-electron chi connectivity index (χ2n) is 5.98. The van der Waals surface area contributed by atoms with Crippen LogP contribution in [-0.2, 0) is 9.84 Å². The van der Waals surface area contributed by atoms with Gasteiger partial charge in [0, 0.05) is 23.5 Å². The molecule has 1 N–H and O–H groups in total. The number of sulfone groups is 1. The summed E-state index contributed by atoms with van der Waals surface area (Å²) in [6.45, 7) is 3.91. The summed E-state index contributed by atoms with van der Waals surface area (Å²) >= 11 is 0. The lowest BCUT2D eigenvalue weighted by Gasteiger charge is -2.12. The third-order valence-corrected chi connectivity index (χ3v) is 4.57. The van der Waals surface area contributed by atoms with Crippen LogP contribution in [0.5, 0.6) is 5.75 Å². The first-order valence-corrected chi connectivity index (χ1v) is 9.71. The molecular weight excluding hydrogens is 338 g/mol. The molecule has 0 fully saturated rings. The maximum absolute atomic E-state index is 11.7. The number of hydrogen-bond acceptors (Lipinski definition) is 6. The van der Waals surface area contributed by atoms with Gasteiger partial charge in [0.2, 0.25) is 5.95 Å². The quantitative estimate of drug-likeness (QED) is 0.752. The number of nitrogens with zero attached hydrogens (tertiary/aromatic N) is 2. The molecule has 1 aromatic heterocycles. The fourth-order valence-electron chi connectivity index (χ4n) is 2.37. The number of aromatic nitrogens is 2. The summed E-state index contributed by atoms with van der Waals surface area (Å²) in [5.41, 5.74) is 1.30. The van der Waals surface area contributed by atoms with Crippen LogP contribution in [0.2, 0.25) is 0 Å². The molecule has 25 heavy (non-hydrogen) atoms. The van der Waals surface area contributed by atoms with Gasteiger partial charge in [-0.05, 0) is 38.1 Å². The molecule has 130 valence electrons. The Morgan fingerprint density at radius 2 is 1.88 bits per heavy atom. The second-order valence-corrected chi connectivity index (χ2v) is 7.99. The van der Waals surface area contributed by atoms with Gasteiger partial charge in [-0.2, -0.15) is 0 Å². The standard InChI is InChI=1S/C18H19N3O3S/c1-12(2)24-16-9-4-6-13-11-19-18(21-17(13)16)20-14-7-5-8-15(10-14)25(3,22)23/h4-12H,1-3H3,(H,19,20,21). The maximum atomic E-state index is 11.7. The van der Waals surface area contributed by atoms with Crippen LogP contribution in [0.4, 0.5) is 11.6 Å². The predicted octanol–water partition coefficient (Wildman–Crippen LogP) is 3.56. The number of anilines is 2. The van der Waals surface area contributed by atoms with Crippen LogP contribution in [0.3, 0.4) is 0 Å². The van der Waals surface area contributed by atoms with Gasteiger partial charge in [0.1, 0.15) is 11.3 Å². The third kappa shape index (κ3) is 4.06. The fourth-order valence-corrected chi connectivity index (χ4v) is 3.04. The van der Waals surface area contributed by atoms with Gasteiger partial charge >= 0.3 is 0 Å². The minimum Gasteiger partial charge on any atom is -0.489 e. The first-order chi connectivity index (χ1) is 11.8. The summed E-state index contributed by atoms with van der Waals surface area (Å²) < 4.78 is 29.2. The Balaban J connectivity index is 1.97. The normalized spacial score (nSPS) is 11.7. The molecule has 0 unspecified atom stereocenters. The summed E-state index contributed by atoms with van der Waals surface area (Å²) in [4.78, 5) is 9.04. The highest BCUT2D eigenvalue weighted by Gasteiger charge is 2.10. The molecule has 2 aromatic carbocycles. The highest BCUT2D eigenvalue weighted by Crippen LogP contribution is 2.26. The van der Waals surface area contributed by atoms with Gasteiger partial charge in [-0.1, -0.05) is 18.2 Å². The van der Waals surface area contributed by atoms with Crippen molar-refractivity contribution in [3.63, 3.8) is 0 Å². The van der Waals surface area contributed by atoms with Crippen molar-refractivity contribution in [3.05, 3.63) is 48.7 Å². The van der Waals surface area contributed by atoms with E-state index in [1.807, 2.05) is 32.0 Å². The van der Waals surface area contributed by atoms with Crippen molar-refractivity contribution in [3.8, 4) is 5.75 Å². The fraction of sp³-hybridized carbons (Fsp3) is 0.222. The molecular formula is C18H19N3O3S. The largest absolute Gasteiger partial charge is 0.489 e. The van der Waals surface area contributed by atoms with E-state index in [2.05, 4.69) is 15.3 Å². The molecule has 7 heteroatoms. The minimum absolute atomic E-state index is 0.0309. The van der Waals surface area contributed by atoms with Crippen molar-refractivity contribution in [2.24, 2.45) is 0 Å². The van der Waals surface area contributed by atoms with Gasteiger partial charge in [0.15, 0.2) is 9.84 Å². The van der Waals surface area contributed by atoms with Crippen LogP contribution in [-0.4, -0.2) is 30.7 Å². The molecule has 0 aliphatic rings. The highest BCUT2D eigenvalue weighted by atomic mass is 32.2. The molecule has 0 atom stereocenters. The van der Waals surface area contributed by atoms with Gasteiger partial charge in [-0.25, -0.2) is 18.4 Å². The summed E-state index contributed by atoms with van der Waals surface area (Å²) in [6.07, 6.45) is 2.91. The Kier molecular flexibility index (Phi) is 4.59. The number of para-hydroxylation sites is 1. The van der Waals surface area contributed by atoms with Crippen molar-refractivity contribution in [1.29, 1.82) is 0 Å². The smallest absolute Gasteiger partial charge is 0.227 e. The molecule has 0 saturated heterocycles. The third-order valence-electron chi connectivity index (χ3n) is 3.45. The molecule has 6 nitrogen and oxygen atoms in total. The van der Waals surface area contributed by atoms with Crippen molar-refractivity contribution in [2.45, 2.75) is 24.8 Å². The SMILES string of the molecule is CC(C)Oc1cccc2cnc(Nc3cccc(S(C)(=O)=O)c3)nc12. The molecule has 3 aromatic rings. The predicted molar refractivity (Wildman–Crippen MR) is 98.1 cm³/mol. The van der Waals surface area contributed by atoms with Gasteiger partial charge in [-0.15, -0.1) is 0 Å². The average Bonchev–Trinajstić information content (AvgIpc) is 2.54. The molecule has 0 saturated carbocycles. The minimum atomic E-state index is -3.27. The number of nitrogens with one attached hydrogen (secondary N) is 1. The molecule has 0 spiro atoms. The van der Waals surface area contributed by atoms with Crippen molar-refractivity contribution >= 4 is 32.4 Å². The lowest BCUT2D eigenvalue weighted by molar-refractivity contribution is 0.245. The highest BCUT2D eigenvalue weighted by molar-refractivity contribution is 7.90. The van der Waals surface area contributed by atoms with E-state index in [4.69, 9.17) is 4.74 Å². The van der Waals surface area contributed by atoms with Crippen LogP contribution < -0.4 is 10.1 Å². The van der Waals surface area contributed by atoms with Gasteiger partial charge < -0.3 is 10.1 Å². The van der Waals surface area contributed by atoms with Gasteiger partial charge in [0.05, 0.1) is 11.0 Å². The van der Waals surface area contributed by atoms with Crippen molar-refractivity contribution in [2.75, 3.05) is 11.6 Å². The zero-order valence-corrected chi connectivity index (χ0v) is 15.0. The van der Waals surface area contributed by atoms with Gasteiger partial charge in [0.25, 0.3) is 0 Å². The zero-order valence-electron chi connectivity index (χ0n) is 14.2. The van der Waals surface area contributed by atoms with E-state index < -0.39 is 9.84 Å². The number of fused-ring (bicyclic) bond motifs is 1. The summed E-state index contributed by atoms with van der Waals surface area (Å²) in [6, 6.07) is 12.2. The van der Waals surface area contributed by atoms with Crippen LogP contribution in [0.25, 0.3) is 10.9 Å². The summed E-state index contributed by atoms with van der Waals surface area (Å²) in [5.74, 6) is 1.06. The molecule has 0 aliphatic heterocycles. The second kappa shape index (κ2) is 6.68. The summed E-state index contributed by atoms with van der Waals surface area (Å²) in [5, 5.41) is 3.92. The van der Waals surface area contributed by atoms with Crippen LogP contribution >= 0.6 is 0 Å². The number of rotatable bonds is 5. The Morgan fingerprint density at radius 3 is 2.60 bits per heavy atom. The molecule has 0 aliphatic carbocycles. The first kappa shape index (κ1) is 17.2. The Morgan fingerprint density at radius 1 is 1.12 bits per heavy atom. The van der Waals surface area contributed by atoms with Crippen LogP contribution in [0, 0.1) is 0 Å². The maximum Gasteiger partial charge on any atom is 0.227 e. The average molecular weight is 357 g/mol. The van der Waals surface area contributed by atoms with E-state index in [9.17, 15) is 8.42 Å². The monoisotopic (exact) mass is 357 g/mol. The lowest BCUT2D eigenvalue weighted by atomic mass is 10.2. The van der Waals surface area contributed by atoms with E-state index in [-0.39, 0.29) is 11.0 Å². The molecule has 0 radical (unpaired) electrons. The molecule has 0 bridgehead atoms. The van der Waals surface area contributed by atoms with E-state index >= 15 is 0 Å². The van der Waals surface area contributed by atoms with Gasteiger partial charge in [-0.3, -0.25) is 0 Å². The van der Waals surface area contributed by atoms with Crippen molar-refractivity contribution in [1.82, 2.24) is 9.97 Å².